The molecule has 1 saturated heterocycles. The summed E-state index contributed by atoms with van der Waals surface area (Å²) in [5.74, 6) is 1.50. The number of ether oxygens (including phenoxy) is 2. The van der Waals surface area contributed by atoms with E-state index < -0.39 is 10.0 Å². The van der Waals surface area contributed by atoms with Gasteiger partial charge in [-0.1, -0.05) is 15.9 Å². The van der Waals surface area contributed by atoms with Crippen LogP contribution in [0.4, 0.5) is 0 Å². The standard InChI is InChI=1S/C19H23BrN2O4S/c1-25-17-4-6-18(7-5-17)27(23,24)22-11-9-21(10-12-22)14-15-13-16(20)3-8-19(15)26-2/h3-8,13H,9-12,14H2,1-2H3/p+1. The fourth-order valence-corrected chi connectivity index (χ4v) is 5.12. The Kier molecular flexibility index (Phi) is 6.41. The molecule has 8 heteroatoms. The van der Waals surface area contributed by atoms with Gasteiger partial charge in [0.15, 0.2) is 0 Å². The van der Waals surface area contributed by atoms with Gasteiger partial charge in [-0.25, -0.2) is 8.42 Å². The molecule has 0 saturated carbocycles. The molecule has 146 valence electrons. The number of sulfonamides is 1. The van der Waals surface area contributed by atoms with Crippen LogP contribution in [0.1, 0.15) is 5.56 Å². The number of nitrogens with one attached hydrogen (secondary N) is 1. The minimum atomic E-state index is -3.47. The molecule has 1 heterocycles. The van der Waals surface area contributed by atoms with Crippen LogP contribution in [-0.2, 0) is 16.6 Å². The van der Waals surface area contributed by atoms with Crippen molar-refractivity contribution in [1.82, 2.24) is 4.31 Å². The number of hydrogen-bond acceptors (Lipinski definition) is 4. The number of quaternary nitrogens is 1. The molecule has 0 aromatic heterocycles. The summed E-state index contributed by atoms with van der Waals surface area (Å²) in [6, 6.07) is 12.5. The predicted molar refractivity (Wildman–Crippen MR) is 107 cm³/mol. The van der Waals surface area contributed by atoms with Gasteiger partial charge in [-0.05, 0) is 42.5 Å². The maximum Gasteiger partial charge on any atom is 0.243 e. The first-order chi connectivity index (χ1) is 12.9. The molecule has 1 N–H and O–H groups in total. The number of nitrogens with zero attached hydrogens (tertiary/aromatic N) is 1. The molecule has 1 fully saturated rings. The highest BCUT2D eigenvalue weighted by Gasteiger charge is 2.30. The van der Waals surface area contributed by atoms with Crippen molar-refractivity contribution in [2.75, 3.05) is 40.4 Å². The zero-order valence-corrected chi connectivity index (χ0v) is 17.8. The van der Waals surface area contributed by atoms with E-state index >= 15 is 0 Å². The Hall–Kier alpha value is -1.61. The largest absolute Gasteiger partial charge is 0.497 e. The van der Waals surface area contributed by atoms with Gasteiger partial charge in [0.25, 0.3) is 0 Å². The molecule has 0 unspecified atom stereocenters. The van der Waals surface area contributed by atoms with Crippen LogP contribution in [-0.4, -0.2) is 53.1 Å². The number of benzene rings is 2. The van der Waals surface area contributed by atoms with E-state index in [0.29, 0.717) is 23.7 Å². The van der Waals surface area contributed by atoms with Crippen LogP contribution in [0, 0.1) is 0 Å². The van der Waals surface area contributed by atoms with Crippen LogP contribution in [0.25, 0.3) is 0 Å². The molecule has 0 aliphatic carbocycles. The summed E-state index contributed by atoms with van der Waals surface area (Å²) < 4.78 is 38.8. The van der Waals surface area contributed by atoms with Gasteiger partial charge in [-0.15, -0.1) is 0 Å². The lowest BCUT2D eigenvalue weighted by molar-refractivity contribution is -0.917. The molecule has 0 amide bonds. The van der Waals surface area contributed by atoms with E-state index in [0.717, 1.165) is 35.4 Å². The van der Waals surface area contributed by atoms with E-state index in [-0.39, 0.29) is 0 Å². The third-order valence-electron chi connectivity index (χ3n) is 4.81. The van der Waals surface area contributed by atoms with E-state index in [9.17, 15) is 8.42 Å². The average Bonchev–Trinajstić information content (AvgIpc) is 2.68. The molecule has 3 rings (SSSR count). The Morgan fingerprint density at radius 3 is 2.30 bits per heavy atom. The van der Waals surface area contributed by atoms with Crippen LogP contribution in [0.3, 0.4) is 0 Å². The van der Waals surface area contributed by atoms with Gasteiger partial charge in [0.1, 0.15) is 18.0 Å². The number of methoxy groups -OCH3 is 2. The lowest BCUT2D eigenvalue weighted by Gasteiger charge is -2.31. The summed E-state index contributed by atoms with van der Waals surface area (Å²) in [5, 5.41) is 0. The smallest absolute Gasteiger partial charge is 0.243 e. The van der Waals surface area contributed by atoms with Gasteiger partial charge in [-0.2, -0.15) is 4.31 Å². The Morgan fingerprint density at radius 2 is 1.70 bits per heavy atom. The molecule has 6 nitrogen and oxygen atoms in total. The SMILES string of the molecule is COc1ccc(S(=O)(=O)N2CC[NH+](Cc3cc(Br)ccc3OC)CC2)cc1. The molecule has 1 aliphatic heterocycles. The van der Waals surface area contributed by atoms with Gasteiger partial charge < -0.3 is 14.4 Å². The van der Waals surface area contributed by atoms with Gasteiger partial charge in [0.2, 0.25) is 10.0 Å². The summed E-state index contributed by atoms with van der Waals surface area (Å²) in [4.78, 5) is 1.65. The monoisotopic (exact) mass is 455 g/mol. The molecular weight excluding hydrogens is 432 g/mol. The Morgan fingerprint density at radius 1 is 1.04 bits per heavy atom. The second-order valence-electron chi connectivity index (χ2n) is 6.46. The maximum absolute atomic E-state index is 12.8. The van der Waals surface area contributed by atoms with Crippen molar-refractivity contribution >= 4 is 26.0 Å². The fourth-order valence-electron chi connectivity index (χ4n) is 3.27. The molecule has 0 atom stereocenters. The fraction of sp³-hybridized carbons (Fsp3) is 0.368. The van der Waals surface area contributed by atoms with Crippen molar-refractivity contribution in [3.63, 3.8) is 0 Å². The van der Waals surface area contributed by atoms with Crippen molar-refractivity contribution in [1.29, 1.82) is 0 Å². The molecule has 2 aromatic carbocycles. The summed E-state index contributed by atoms with van der Waals surface area (Å²) in [5.41, 5.74) is 1.12. The van der Waals surface area contributed by atoms with E-state index in [1.54, 1.807) is 42.8 Å². The van der Waals surface area contributed by atoms with E-state index in [4.69, 9.17) is 9.47 Å². The van der Waals surface area contributed by atoms with Crippen molar-refractivity contribution in [3.8, 4) is 11.5 Å². The zero-order valence-electron chi connectivity index (χ0n) is 15.4. The molecule has 1 aliphatic rings. The molecule has 27 heavy (non-hydrogen) atoms. The minimum Gasteiger partial charge on any atom is -0.497 e. The summed E-state index contributed by atoms with van der Waals surface area (Å²) in [6.07, 6.45) is 0. The van der Waals surface area contributed by atoms with Crippen molar-refractivity contribution in [2.45, 2.75) is 11.4 Å². The lowest BCUT2D eigenvalue weighted by Crippen LogP contribution is -3.13. The van der Waals surface area contributed by atoms with E-state index in [1.165, 1.54) is 4.90 Å². The number of halogens is 1. The normalized spacial score (nSPS) is 16.3. The first-order valence-corrected chi connectivity index (χ1v) is 11.0. The van der Waals surface area contributed by atoms with Gasteiger partial charge >= 0.3 is 0 Å². The zero-order chi connectivity index (χ0) is 19.4. The molecular formula is C19H24BrN2O4S+. The minimum absolute atomic E-state index is 0.306. The number of rotatable bonds is 6. The van der Waals surface area contributed by atoms with Gasteiger partial charge in [0.05, 0.1) is 45.3 Å². The highest BCUT2D eigenvalue weighted by Crippen LogP contribution is 2.23. The van der Waals surface area contributed by atoms with Crippen molar-refractivity contribution in [3.05, 3.63) is 52.5 Å². The first kappa shape index (κ1) is 20.1. The molecule has 0 radical (unpaired) electrons. The van der Waals surface area contributed by atoms with Crippen LogP contribution in [0.5, 0.6) is 11.5 Å². The third kappa shape index (κ3) is 4.63. The highest BCUT2D eigenvalue weighted by molar-refractivity contribution is 9.10. The predicted octanol–water partition coefficient (Wildman–Crippen LogP) is 1.56. The maximum atomic E-state index is 12.8. The van der Waals surface area contributed by atoms with Crippen molar-refractivity contribution < 1.29 is 22.8 Å². The Balaban J connectivity index is 1.65. The van der Waals surface area contributed by atoms with E-state index in [1.807, 2.05) is 12.1 Å². The first-order valence-electron chi connectivity index (χ1n) is 8.74. The second kappa shape index (κ2) is 8.60. The van der Waals surface area contributed by atoms with Crippen LogP contribution in [0.15, 0.2) is 51.8 Å². The number of hydrogen-bond donors (Lipinski definition) is 1. The molecule has 0 bridgehead atoms. The van der Waals surface area contributed by atoms with E-state index in [2.05, 4.69) is 22.0 Å². The van der Waals surface area contributed by atoms with Gasteiger partial charge in [0, 0.05) is 10.0 Å². The Labute approximate surface area is 168 Å². The summed E-state index contributed by atoms with van der Waals surface area (Å²) in [6.45, 7) is 3.31. The van der Waals surface area contributed by atoms with Crippen LogP contribution < -0.4 is 14.4 Å². The quantitative estimate of drug-likeness (QED) is 0.717. The summed E-state index contributed by atoms with van der Waals surface area (Å²) >= 11 is 3.50. The summed E-state index contributed by atoms with van der Waals surface area (Å²) in [7, 11) is -0.241. The van der Waals surface area contributed by atoms with Gasteiger partial charge in [-0.3, -0.25) is 0 Å². The topological polar surface area (TPSA) is 60.3 Å². The molecule has 0 spiro atoms. The average molecular weight is 456 g/mol. The van der Waals surface area contributed by atoms with Crippen LogP contribution in [0.2, 0.25) is 0 Å². The molecule has 2 aromatic rings. The Bertz CT molecular complexity index is 879. The lowest BCUT2D eigenvalue weighted by atomic mass is 10.2. The highest BCUT2D eigenvalue weighted by atomic mass is 79.9. The van der Waals surface area contributed by atoms with Crippen molar-refractivity contribution in [2.24, 2.45) is 0 Å². The van der Waals surface area contributed by atoms with Crippen LogP contribution >= 0.6 is 15.9 Å². The third-order valence-corrected chi connectivity index (χ3v) is 7.22. The second-order valence-corrected chi connectivity index (χ2v) is 9.32. The number of piperazine rings is 1.